The molecule has 1 fully saturated rings. The maximum atomic E-state index is 5.33. The Hall–Kier alpha value is -2.59. The molecule has 3 aromatic rings. The van der Waals surface area contributed by atoms with Gasteiger partial charge in [0.05, 0.1) is 13.3 Å². The fourth-order valence-corrected chi connectivity index (χ4v) is 3.90. The molecule has 0 unspecified atom stereocenters. The van der Waals surface area contributed by atoms with Crippen molar-refractivity contribution in [2.24, 2.45) is 0 Å². The smallest absolute Gasteiger partial charge is 0.118 e. The molecule has 0 saturated carbocycles. The lowest BCUT2D eigenvalue weighted by molar-refractivity contribution is 0.361. The van der Waals surface area contributed by atoms with Gasteiger partial charge in [0.25, 0.3) is 0 Å². The van der Waals surface area contributed by atoms with Crippen molar-refractivity contribution in [1.29, 1.82) is 0 Å². The summed E-state index contributed by atoms with van der Waals surface area (Å²) in [6, 6.07) is 17.5. The van der Waals surface area contributed by atoms with Gasteiger partial charge in [-0.3, -0.25) is 5.10 Å². The number of nitrogens with zero attached hydrogens (tertiary/aromatic N) is 1. The highest BCUT2D eigenvalue weighted by molar-refractivity contribution is 5.62. The van der Waals surface area contributed by atoms with Gasteiger partial charge in [0.15, 0.2) is 0 Å². The molecule has 0 aliphatic carbocycles. The minimum atomic E-state index is 0.0620. The normalized spacial score (nSPS) is 16.5. The maximum absolute atomic E-state index is 5.33. The fraction of sp³-hybridized carbons (Fsp3) is 0.286. The van der Waals surface area contributed by atoms with E-state index in [4.69, 9.17) is 4.74 Å². The summed E-state index contributed by atoms with van der Waals surface area (Å²) in [5, 5.41) is 10.4. The van der Waals surface area contributed by atoms with Crippen molar-refractivity contribution in [3.8, 4) is 16.9 Å². The van der Waals surface area contributed by atoms with Gasteiger partial charge < -0.3 is 10.1 Å². The number of hydrogen-bond donors (Lipinski definition) is 2. The van der Waals surface area contributed by atoms with Gasteiger partial charge in [-0.25, -0.2) is 0 Å². The summed E-state index contributed by atoms with van der Waals surface area (Å²) in [7, 11) is 1.71. The predicted octanol–water partition coefficient (Wildman–Crippen LogP) is 3.75. The quantitative estimate of drug-likeness (QED) is 0.764. The molecule has 0 spiro atoms. The zero-order valence-electron chi connectivity index (χ0n) is 14.5. The highest BCUT2D eigenvalue weighted by Gasteiger charge is 2.35. The molecular weight excluding hydrogens is 310 g/mol. The molecule has 128 valence electrons. The average molecular weight is 333 g/mol. The minimum Gasteiger partial charge on any atom is -0.497 e. The standard InChI is InChI=1S/C21H23N3O/c1-25-20-8-6-19(7-9-20)21(10-12-22-13-11-21)18-4-2-16(3-5-18)17-14-23-24-15-17/h2-9,14-15,22H,10-13H2,1H3,(H,23,24). The Bertz CT molecular complexity index is 801. The first-order chi connectivity index (χ1) is 12.3. The summed E-state index contributed by atoms with van der Waals surface area (Å²) >= 11 is 0. The van der Waals surface area contributed by atoms with Crippen LogP contribution in [0.15, 0.2) is 60.9 Å². The van der Waals surface area contributed by atoms with Crippen molar-refractivity contribution in [3.63, 3.8) is 0 Å². The number of aromatic amines is 1. The largest absolute Gasteiger partial charge is 0.497 e. The molecule has 0 bridgehead atoms. The lowest BCUT2D eigenvalue weighted by atomic mass is 9.68. The Morgan fingerprint density at radius 1 is 0.880 bits per heavy atom. The highest BCUT2D eigenvalue weighted by Crippen LogP contribution is 2.41. The van der Waals surface area contributed by atoms with Crippen LogP contribution in [0.3, 0.4) is 0 Å². The summed E-state index contributed by atoms with van der Waals surface area (Å²) in [5.41, 5.74) is 5.12. The molecule has 25 heavy (non-hydrogen) atoms. The van der Waals surface area contributed by atoms with Crippen LogP contribution in [0, 0.1) is 0 Å². The first-order valence-electron chi connectivity index (χ1n) is 8.77. The summed E-state index contributed by atoms with van der Waals surface area (Å²) in [5.74, 6) is 0.906. The van der Waals surface area contributed by atoms with Crippen molar-refractivity contribution in [3.05, 3.63) is 72.1 Å². The number of benzene rings is 2. The van der Waals surface area contributed by atoms with Gasteiger partial charge in [-0.2, -0.15) is 5.10 Å². The molecule has 4 heteroatoms. The molecule has 2 heterocycles. The van der Waals surface area contributed by atoms with Crippen LogP contribution in [0.5, 0.6) is 5.75 Å². The topological polar surface area (TPSA) is 49.9 Å². The molecule has 2 aromatic carbocycles. The van der Waals surface area contributed by atoms with Gasteiger partial charge in [-0.1, -0.05) is 36.4 Å². The fourth-order valence-electron chi connectivity index (χ4n) is 3.90. The van der Waals surface area contributed by atoms with E-state index in [1.807, 2.05) is 12.4 Å². The molecule has 0 atom stereocenters. The van der Waals surface area contributed by atoms with Gasteiger partial charge in [-0.05, 0) is 54.8 Å². The summed E-state index contributed by atoms with van der Waals surface area (Å²) in [4.78, 5) is 0. The third-order valence-electron chi connectivity index (χ3n) is 5.37. The number of aromatic nitrogens is 2. The molecule has 0 radical (unpaired) electrons. The van der Waals surface area contributed by atoms with Crippen LogP contribution in [-0.2, 0) is 5.41 Å². The molecular formula is C21H23N3O. The van der Waals surface area contributed by atoms with Crippen molar-refractivity contribution in [1.82, 2.24) is 15.5 Å². The summed E-state index contributed by atoms with van der Waals surface area (Å²) < 4.78 is 5.33. The molecule has 4 rings (SSSR count). The maximum Gasteiger partial charge on any atom is 0.118 e. The molecule has 1 saturated heterocycles. The zero-order chi connectivity index (χ0) is 17.1. The Kier molecular flexibility index (Phi) is 4.28. The lowest BCUT2D eigenvalue weighted by Gasteiger charge is -2.39. The van der Waals surface area contributed by atoms with Gasteiger partial charge in [0.2, 0.25) is 0 Å². The van der Waals surface area contributed by atoms with Crippen molar-refractivity contribution in [2.45, 2.75) is 18.3 Å². The number of ether oxygens (including phenoxy) is 1. The third-order valence-corrected chi connectivity index (χ3v) is 5.37. The second-order valence-corrected chi connectivity index (χ2v) is 6.62. The molecule has 1 aliphatic rings. The highest BCUT2D eigenvalue weighted by atomic mass is 16.5. The number of H-pyrrole nitrogens is 1. The van der Waals surface area contributed by atoms with Gasteiger partial charge in [0.1, 0.15) is 5.75 Å². The van der Waals surface area contributed by atoms with Crippen LogP contribution in [0.1, 0.15) is 24.0 Å². The van der Waals surface area contributed by atoms with Crippen LogP contribution in [0.4, 0.5) is 0 Å². The van der Waals surface area contributed by atoms with Crippen LogP contribution in [-0.4, -0.2) is 30.4 Å². The first kappa shape index (κ1) is 15.9. The Balaban J connectivity index is 1.73. The molecule has 0 amide bonds. The van der Waals surface area contributed by atoms with Crippen molar-refractivity contribution < 1.29 is 4.74 Å². The Morgan fingerprint density at radius 2 is 1.52 bits per heavy atom. The monoisotopic (exact) mass is 333 g/mol. The number of rotatable bonds is 4. The summed E-state index contributed by atoms with van der Waals surface area (Å²) in [6.07, 6.45) is 5.99. The SMILES string of the molecule is COc1ccc(C2(c3ccc(-c4cn[nH]c4)cc3)CCNCC2)cc1. The van der Waals surface area contributed by atoms with E-state index in [1.165, 1.54) is 16.7 Å². The van der Waals surface area contributed by atoms with E-state index in [9.17, 15) is 0 Å². The molecule has 4 nitrogen and oxygen atoms in total. The lowest BCUT2D eigenvalue weighted by Crippen LogP contribution is -2.40. The van der Waals surface area contributed by atoms with E-state index in [0.717, 1.165) is 37.2 Å². The minimum absolute atomic E-state index is 0.0620. The summed E-state index contributed by atoms with van der Waals surface area (Å²) in [6.45, 7) is 2.07. The van der Waals surface area contributed by atoms with E-state index in [-0.39, 0.29) is 5.41 Å². The third kappa shape index (κ3) is 2.94. The predicted molar refractivity (Wildman–Crippen MR) is 99.9 cm³/mol. The zero-order valence-corrected chi connectivity index (χ0v) is 14.5. The van der Waals surface area contributed by atoms with E-state index in [0.29, 0.717) is 0 Å². The number of methoxy groups -OCH3 is 1. The van der Waals surface area contributed by atoms with Crippen LogP contribution >= 0.6 is 0 Å². The number of hydrogen-bond acceptors (Lipinski definition) is 3. The Labute approximate surface area is 148 Å². The first-order valence-corrected chi connectivity index (χ1v) is 8.77. The number of piperidine rings is 1. The second kappa shape index (κ2) is 6.73. The van der Waals surface area contributed by atoms with Crippen molar-refractivity contribution in [2.75, 3.05) is 20.2 Å². The van der Waals surface area contributed by atoms with E-state index in [2.05, 4.69) is 64.0 Å². The van der Waals surface area contributed by atoms with Crippen molar-refractivity contribution >= 4 is 0 Å². The van der Waals surface area contributed by atoms with E-state index < -0.39 is 0 Å². The molecule has 2 N–H and O–H groups in total. The van der Waals surface area contributed by atoms with Crippen LogP contribution in [0.25, 0.3) is 11.1 Å². The molecule has 1 aliphatic heterocycles. The van der Waals surface area contributed by atoms with Crippen LogP contribution in [0.2, 0.25) is 0 Å². The Morgan fingerprint density at radius 3 is 2.08 bits per heavy atom. The van der Waals surface area contributed by atoms with Crippen LogP contribution < -0.4 is 10.1 Å². The van der Waals surface area contributed by atoms with E-state index >= 15 is 0 Å². The number of nitrogens with one attached hydrogen (secondary N) is 2. The van der Waals surface area contributed by atoms with Gasteiger partial charge in [-0.15, -0.1) is 0 Å². The molecule has 1 aromatic heterocycles. The van der Waals surface area contributed by atoms with E-state index in [1.54, 1.807) is 7.11 Å². The second-order valence-electron chi connectivity index (χ2n) is 6.62. The van der Waals surface area contributed by atoms with Gasteiger partial charge >= 0.3 is 0 Å². The average Bonchev–Trinajstić information content (AvgIpc) is 3.24. The van der Waals surface area contributed by atoms with Gasteiger partial charge in [0, 0.05) is 17.2 Å².